The highest BCUT2D eigenvalue weighted by molar-refractivity contribution is 5.91. The molecule has 0 aliphatic heterocycles. The first kappa shape index (κ1) is 31.1. The third kappa shape index (κ3) is 21.8. The van der Waals surface area contributed by atoms with Gasteiger partial charge in [-0.1, -0.05) is 29.7 Å². The Balaban J connectivity index is -0.000000187. The van der Waals surface area contributed by atoms with Gasteiger partial charge in [-0.3, -0.25) is 5.26 Å². The van der Waals surface area contributed by atoms with Gasteiger partial charge in [0.2, 0.25) is 0 Å². The fourth-order valence-electron chi connectivity index (χ4n) is 0.615. The van der Waals surface area contributed by atoms with Gasteiger partial charge in [-0.05, 0) is 6.92 Å². The van der Waals surface area contributed by atoms with Crippen molar-refractivity contribution in [2.45, 2.75) is 42.7 Å². The van der Waals surface area contributed by atoms with Crippen LogP contribution in [0.3, 0.4) is 0 Å². The molecule has 7 heteroatoms. The molecule has 0 saturated carbocycles. The Bertz CT molecular complexity index is 249. The van der Waals surface area contributed by atoms with Crippen LogP contribution in [0.15, 0.2) is 12.2 Å². The second-order valence-corrected chi connectivity index (χ2v) is 2.81. The van der Waals surface area contributed by atoms with Crippen LogP contribution < -0.4 is 0 Å². The third-order valence-electron chi connectivity index (χ3n) is 1.24. The van der Waals surface area contributed by atoms with Crippen LogP contribution in [0.4, 0.5) is 0 Å². The van der Waals surface area contributed by atoms with Crippen molar-refractivity contribution in [3.63, 3.8) is 0 Å². The molecule has 0 amide bonds. The largest absolute Gasteiger partial charge is 0.460 e. The maximum absolute atomic E-state index is 10.9. The normalized spacial score (nSPS) is 9.95. The Labute approximate surface area is 122 Å². The number of aliphatic hydroxyl groups excluding tert-OH is 1. The second-order valence-electron chi connectivity index (χ2n) is 2.81. The Morgan fingerprint density at radius 1 is 1.00 bits per heavy atom. The number of ether oxygens (including phenoxy) is 2. The lowest BCUT2D eigenvalue weighted by Crippen LogP contribution is -2.14. The lowest BCUT2D eigenvalue weighted by atomic mass is 10.4. The summed E-state index contributed by atoms with van der Waals surface area (Å²) in [6, 6.07) is 0. The van der Waals surface area contributed by atoms with Crippen molar-refractivity contribution >= 4 is 11.9 Å². The number of esters is 2. The molecule has 0 aromatic heterocycles. The molecule has 0 saturated heterocycles. The van der Waals surface area contributed by atoms with E-state index in [0.717, 1.165) is 12.2 Å². The summed E-state index contributed by atoms with van der Waals surface area (Å²) < 4.78 is 9.02. The van der Waals surface area contributed by atoms with Crippen LogP contribution in [0.25, 0.3) is 0 Å². The first-order valence-electron chi connectivity index (χ1n) is 4.52. The second kappa shape index (κ2) is 19.9. The van der Waals surface area contributed by atoms with Gasteiger partial charge in [0.1, 0.15) is 19.8 Å². The summed E-state index contributed by atoms with van der Waals surface area (Å²) in [6.07, 6.45) is 0.998. The van der Waals surface area contributed by atoms with Crippen molar-refractivity contribution in [1.29, 1.82) is 0 Å². The highest BCUT2D eigenvalue weighted by atomic mass is 17.1. The van der Waals surface area contributed by atoms with Gasteiger partial charge < -0.3 is 14.6 Å². The molecule has 0 aromatic carbocycles. The van der Waals surface area contributed by atoms with E-state index in [-0.39, 0.29) is 49.5 Å². The van der Waals surface area contributed by atoms with Crippen LogP contribution in [-0.2, 0) is 24.0 Å². The summed E-state index contributed by atoms with van der Waals surface area (Å²) in [5.74, 6) is -1.51. The van der Waals surface area contributed by atoms with E-state index in [1.54, 1.807) is 0 Å². The number of rotatable bonds is 7. The molecule has 7 nitrogen and oxygen atoms in total. The van der Waals surface area contributed by atoms with Gasteiger partial charge >= 0.3 is 11.9 Å². The molecule has 0 fully saturated rings. The van der Waals surface area contributed by atoms with Crippen molar-refractivity contribution in [2.24, 2.45) is 0 Å². The van der Waals surface area contributed by atoms with E-state index in [2.05, 4.69) is 14.4 Å². The van der Waals surface area contributed by atoms with E-state index < -0.39 is 18.0 Å². The number of hydrogen-bond donors (Lipinski definition) is 2. The van der Waals surface area contributed by atoms with Crippen molar-refractivity contribution < 1.29 is 34.3 Å². The summed E-state index contributed by atoms with van der Waals surface area (Å²) in [5, 5.41) is 16.7. The molecule has 0 spiro atoms. The van der Waals surface area contributed by atoms with Gasteiger partial charge in [0.15, 0.2) is 0 Å². The van der Waals surface area contributed by atoms with Gasteiger partial charge in [-0.2, -0.15) is 0 Å². The maximum atomic E-state index is 10.9. The van der Waals surface area contributed by atoms with Crippen LogP contribution in [0.2, 0.25) is 0 Å². The van der Waals surface area contributed by atoms with E-state index in [1.807, 2.05) is 0 Å². The van der Waals surface area contributed by atoms with Crippen molar-refractivity contribution in [3.8, 4) is 0 Å². The van der Waals surface area contributed by atoms with Crippen LogP contribution >= 0.6 is 0 Å². The Hall–Kier alpha value is -1.44. The molecule has 0 aliphatic carbocycles. The van der Waals surface area contributed by atoms with E-state index in [9.17, 15) is 9.59 Å². The molecular formula is C13H30O7. The number of aliphatic hydroxyl groups is 1. The Morgan fingerprint density at radius 2 is 1.45 bits per heavy atom. The Kier molecular flexibility index (Phi) is 31.0. The minimum atomic E-state index is -0.758. The molecule has 0 radical (unpaired) electrons. The molecule has 0 bridgehead atoms. The SMILES string of the molecule is C.C.C.C.CC(O)COC(=O)C=CC(=O)OCCOO. The molecular weight excluding hydrogens is 268 g/mol. The summed E-state index contributed by atoms with van der Waals surface area (Å²) in [5.41, 5.74) is 0. The monoisotopic (exact) mass is 298 g/mol. The average molecular weight is 298 g/mol. The first-order valence-corrected chi connectivity index (χ1v) is 4.52. The zero-order chi connectivity index (χ0) is 12.4. The highest BCUT2D eigenvalue weighted by Crippen LogP contribution is 1.88. The summed E-state index contributed by atoms with van der Waals surface area (Å²) >= 11 is 0. The quantitative estimate of drug-likeness (QED) is 0.244. The fraction of sp³-hybridized carbons (Fsp3) is 0.692. The Morgan fingerprint density at radius 3 is 1.85 bits per heavy atom. The minimum absolute atomic E-state index is 0. The summed E-state index contributed by atoms with van der Waals surface area (Å²) in [7, 11) is 0. The molecule has 0 aliphatic rings. The smallest absolute Gasteiger partial charge is 0.331 e. The molecule has 0 rings (SSSR count). The zero-order valence-electron chi connectivity index (χ0n) is 8.79. The highest BCUT2D eigenvalue weighted by Gasteiger charge is 2.02. The van der Waals surface area contributed by atoms with Gasteiger partial charge in [-0.25, -0.2) is 14.5 Å². The molecule has 0 heterocycles. The first-order chi connectivity index (χ1) is 7.56. The van der Waals surface area contributed by atoms with Gasteiger partial charge in [0.05, 0.1) is 6.10 Å². The molecule has 1 atom stereocenters. The van der Waals surface area contributed by atoms with Gasteiger partial charge in [0, 0.05) is 12.2 Å². The van der Waals surface area contributed by atoms with Crippen LogP contribution in [0.1, 0.15) is 36.6 Å². The number of hydrogen-bond acceptors (Lipinski definition) is 7. The van der Waals surface area contributed by atoms with Crippen molar-refractivity contribution in [1.82, 2.24) is 0 Å². The molecule has 0 aromatic rings. The number of carbonyl (C=O) groups is 2. The molecule has 1 unspecified atom stereocenters. The lowest BCUT2D eigenvalue weighted by molar-refractivity contribution is -0.248. The predicted octanol–water partition coefficient (Wildman–Crippen LogP) is 2.04. The van der Waals surface area contributed by atoms with E-state index in [0.29, 0.717) is 0 Å². The van der Waals surface area contributed by atoms with Crippen LogP contribution in [0.5, 0.6) is 0 Å². The average Bonchev–Trinajstić information content (AvgIpc) is 2.24. The fourth-order valence-corrected chi connectivity index (χ4v) is 0.615. The summed E-state index contributed by atoms with van der Waals surface area (Å²) in [4.78, 5) is 25.4. The minimum Gasteiger partial charge on any atom is -0.460 e. The number of carbonyl (C=O) groups excluding carboxylic acids is 2. The van der Waals surface area contributed by atoms with E-state index in [4.69, 9.17) is 10.4 Å². The van der Waals surface area contributed by atoms with Gasteiger partial charge in [-0.15, -0.1) is 0 Å². The van der Waals surface area contributed by atoms with Crippen molar-refractivity contribution in [2.75, 3.05) is 19.8 Å². The molecule has 124 valence electrons. The topological polar surface area (TPSA) is 102 Å². The predicted molar refractivity (Wildman–Crippen MR) is 78.2 cm³/mol. The van der Waals surface area contributed by atoms with E-state index in [1.165, 1.54) is 6.92 Å². The van der Waals surface area contributed by atoms with Crippen LogP contribution in [0, 0.1) is 0 Å². The molecule has 2 N–H and O–H groups in total. The maximum Gasteiger partial charge on any atom is 0.331 e. The van der Waals surface area contributed by atoms with Crippen LogP contribution in [-0.4, -0.2) is 48.2 Å². The zero-order valence-corrected chi connectivity index (χ0v) is 8.79. The van der Waals surface area contributed by atoms with Gasteiger partial charge in [0.25, 0.3) is 0 Å². The summed E-state index contributed by atoms with van der Waals surface area (Å²) in [6.45, 7) is 1.05. The third-order valence-corrected chi connectivity index (χ3v) is 1.24. The molecule has 20 heavy (non-hydrogen) atoms. The van der Waals surface area contributed by atoms with Crippen molar-refractivity contribution in [3.05, 3.63) is 12.2 Å². The van der Waals surface area contributed by atoms with E-state index >= 15 is 0 Å². The lowest BCUT2D eigenvalue weighted by Gasteiger charge is -2.03. The standard InChI is InChI=1S/C9H14O7.4CH4/c1-7(10)6-15-9(12)3-2-8(11)14-4-5-16-13;;;;/h2-3,7,10,13H,4-6H2,1H3;4*1H4.